The van der Waals surface area contributed by atoms with E-state index in [-0.39, 0.29) is 11.2 Å². The van der Waals surface area contributed by atoms with E-state index in [0.29, 0.717) is 34.9 Å². The average molecular weight is 432 g/mol. The van der Waals surface area contributed by atoms with E-state index in [0.717, 1.165) is 5.56 Å². The number of hydrogen-bond acceptors (Lipinski definition) is 6. The molecule has 1 unspecified atom stereocenters. The summed E-state index contributed by atoms with van der Waals surface area (Å²) < 4.78 is 7.06. The van der Waals surface area contributed by atoms with Gasteiger partial charge in [0.1, 0.15) is 12.4 Å². The van der Waals surface area contributed by atoms with Crippen LogP contribution in [0.1, 0.15) is 6.92 Å². The number of nitrogen functional groups attached to an aromatic ring is 1. The van der Waals surface area contributed by atoms with Gasteiger partial charge in [-0.3, -0.25) is 4.79 Å². The Kier molecular flexibility index (Phi) is 7.00. The molecule has 2 N–H and O–H groups in total. The number of likely N-dealkylation sites (N-methyl/N-ethyl adjacent to an activating group) is 1. The number of thioether (sulfide) groups is 1. The van der Waals surface area contributed by atoms with Crippen LogP contribution in [0.4, 0.5) is 0 Å². The van der Waals surface area contributed by atoms with Crippen LogP contribution >= 0.6 is 23.4 Å². The molecule has 0 aliphatic rings. The minimum absolute atomic E-state index is 0.0426. The maximum absolute atomic E-state index is 12.7. The van der Waals surface area contributed by atoms with E-state index in [1.807, 2.05) is 37.3 Å². The van der Waals surface area contributed by atoms with Gasteiger partial charge in [-0.2, -0.15) is 0 Å². The summed E-state index contributed by atoms with van der Waals surface area (Å²) in [6, 6.07) is 16.7. The van der Waals surface area contributed by atoms with E-state index < -0.39 is 0 Å². The van der Waals surface area contributed by atoms with Crippen molar-refractivity contribution in [3.8, 4) is 17.1 Å². The molecule has 0 spiro atoms. The van der Waals surface area contributed by atoms with Gasteiger partial charge in [-0.1, -0.05) is 53.7 Å². The molecule has 3 aromatic rings. The van der Waals surface area contributed by atoms with E-state index in [9.17, 15) is 4.79 Å². The van der Waals surface area contributed by atoms with Gasteiger partial charge in [0.15, 0.2) is 5.82 Å². The summed E-state index contributed by atoms with van der Waals surface area (Å²) in [5, 5.41) is 9.04. The predicted octanol–water partition coefficient (Wildman–Crippen LogP) is 3.33. The highest BCUT2D eigenvalue weighted by Crippen LogP contribution is 2.25. The summed E-state index contributed by atoms with van der Waals surface area (Å²) in [7, 11) is 1.74. The largest absolute Gasteiger partial charge is 0.492 e. The van der Waals surface area contributed by atoms with Crippen molar-refractivity contribution < 1.29 is 9.53 Å². The van der Waals surface area contributed by atoms with Crippen molar-refractivity contribution in [2.75, 3.05) is 26.0 Å². The lowest BCUT2D eigenvalue weighted by molar-refractivity contribution is -0.129. The number of ether oxygens (including phenoxy) is 1. The van der Waals surface area contributed by atoms with Crippen molar-refractivity contribution >= 4 is 29.3 Å². The van der Waals surface area contributed by atoms with Crippen molar-refractivity contribution in [3.05, 3.63) is 59.6 Å². The fourth-order valence-electron chi connectivity index (χ4n) is 2.60. The van der Waals surface area contributed by atoms with E-state index in [1.54, 1.807) is 36.2 Å². The second-order valence-electron chi connectivity index (χ2n) is 6.36. The number of nitrogens with two attached hydrogens (primary N) is 1. The molecule has 9 heteroatoms. The minimum Gasteiger partial charge on any atom is -0.492 e. The quantitative estimate of drug-likeness (QED) is 0.435. The molecule has 1 aromatic heterocycles. The smallest absolute Gasteiger partial charge is 0.235 e. The molecule has 3 rings (SSSR count). The van der Waals surface area contributed by atoms with Crippen LogP contribution < -0.4 is 10.6 Å². The SMILES string of the molecule is CC(Sc1nnc(-c2ccccc2)n1N)C(=O)N(C)CCOc1ccc(Cl)cc1. The Morgan fingerprint density at radius 1 is 1.21 bits per heavy atom. The Labute approximate surface area is 178 Å². The van der Waals surface area contributed by atoms with Gasteiger partial charge in [-0.15, -0.1) is 10.2 Å². The fraction of sp³-hybridized carbons (Fsp3) is 0.250. The van der Waals surface area contributed by atoms with Gasteiger partial charge in [0.25, 0.3) is 0 Å². The van der Waals surface area contributed by atoms with Crippen LogP contribution in [0.2, 0.25) is 5.02 Å². The molecule has 7 nitrogen and oxygen atoms in total. The van der Waals surface area contributed by atoms with Crippen molar-refractivity contribution in [1.82, 2.24) is 19.8 Å². The molecule has 0 saturated carbocycles. The molecule has 1 heterocycles. The Bertz CT molecular complexity index is 949. The highest BCUT2D eigenvalue weighted by Gasteiger charge is 2.22. The maximum atomic E-state index is 12.7. The van der Waals surface area contributed by atoms with Crippen molar-refractivity contribution in [1.29, 1.82) is 0 Å². The fourth-order valence-corrected chi connectivity index (χ4v) is 3.61. The third-order valence-electron chi connectivity index (χ3n) is 4.21. The molecule has 0 aliphatic carbocycles. The lowest BCUT2D eigenvalue weighted by atomic mass is 10.2. The number of aromatic nitrogens is 3. The van der Waals surface area contributed by atoms with Crippen molar-refractivity contribution in [2.45, 2.75) is 17.3 Å². The Hall–Kier alpha value is -2.71. The molecule has 152 valence electrons. The number of carbonyl (C=O) groups excluding carboxylic acids is 1. The summed E-state index contributed by atoms with van der Waals surface area (Å²) in [4.78, 5) is 14.3. The van der Waals surface area contributed by atoms with Gasteiger partial charge in [-0.25, -0.2) is 4.68 Å². The van der Waals surface area contributed by atoms with Gasteiger partial charge in [0.05, 0.1) is 11.8 Å². The Morgan fingerprint density at radius 3 is 2.59 bits per heavy atom. The predicted molar refractivity (Wildman–Crippen MR) is 116 cm³/mol. The summed E-state index contributed by atoms with van der Waals surface area (Å²) >= 11 is 7.13. The van der Waals surface area contributed by atoms with Gasteiger partial charge >= 0.3 is 0 Å². The lowest BCUT2D eigenvalue weighted by Gasteiger charge is -2.21. The van der Waals surface area contributed by atoms with E-state index >= 15 is 0 Å². The number of carbonyl (C=O) groups is 1. The monoisotopic (exact) mass is 431 g/mol. The zero-order valence-electron chi connectivity index (χ0n) is 16.2. The average Bonchev–Trinajstić information content (AvgIpc) is 3.09. The first-order chi connectivity index (χ1) is 14.0. The second kappa shape index (κ2) is 9.67. The first kappa shape index (κ1) is 21.0. The summed E-state index contributed by atoms with van der Waals surface area (Å²) in [5.74, 6) is 7.35. The van der Waals surface area contributed by atoms with Crippen molar-refractivity contribution in [2.24, 2.45) is 0 Å². The van der Waals surface area contributed by atoms with Crippen LogP contribution in [-0.4, -0.2) is 51.1 Å². The zero-order valence-corrected chi connectivity index (χ0v) is 17.7. The lowest BCUT2D eigenvalue weighted by Crippen LogP contribution is -2.36. The second-order valence-corrected chi connectivity index (χ2v) is 8.11. The van der Waals surface area contributed by atoms with Crippen LogP contribution in [0.3, 0.4) is 0 Å². The highest BCUT2D eigenvalue weighted by atomic mass is 35.5. The Morgan fingerprint density at radius 2 is 1.90 bits per heavy atom. The topological polar surface area (TPSA) is 86.3 Å². The molecule has 2 aromatic carbocycles. The van der Waals surface area contributed by atoms with Crippen LogP contribution in [0.5, 0.6) is 5.75 Å². The van der Waals surface area contributed by atoms with Crippen molar-refractivity contribution in [3.63, 3.8) is 0 Å². The summed E-state index contributed by atoms with van der Waals surface area (Å²) in [5.41, 5.74) is 0.866. The standard InChI is InChI=1S/C20H22ClN5O2S/c1-14(19(27)25(2)12-13-28-17-10-8-16(21)9-11-17)29-20-24-23-18(26(20)22)15-6-4-3-5-7-15/h3-11,14H,12-13,22H2,1-2H3. The van der Waals surface area contributed by atoms with Crippen LogP contribution in [0.15, 0.2) is 59.8 Å². The van der Waals surface area contributed by atoms with E-state index in [1.165, 1.54) is 16.4 Å². The molecular formula is C20H22ClN5O2S. The van der Waals surface area contributed by atoms with Gasteiger partial charge in [-0.05, 0) is 31.2 Å². The highest BCUT2D eigenvalue weighted by molar-refractivity contribution is 8.00. The van der Waals surface area contributed by atoms with Crippen LogP contribution in [0, 0.1) is 0 Å². The molecule has 0 fully saturated rings. The van der Waals surface area contributed by atoms with Crippen LogP contribution in [0.25, 0.3) is 11.4 Å². The van der Waals surface area contributed by atoms with E-state index in [4.69, 9.17) is 22.2 Å². The number of nitrogens with zero attached hydrogens (tertiary/aromatic N) is 4. The first-order valence-corrected chi connectivity index (χ1v) is 10.3. The molecule has 0 saturated heterocycles. The molecule has 29 heavy (non-hydrogen) atoms. The molecule has 0 aliphatic heterocycles. The molecule has 0 bridgehead atoms. The number of hydrogen-bond donors (Lipinski definition) is 1. The minimum atomic E-state index is -0.370. The summed E-state index contributed by atoms with van der Waals surface area (Å²) in [6.45, 7) is 2.66. The number of benzene rings is 2. The third kappa shape index (κ3) is 5.42. The molecule has 1 atom stereocenters. The number of amides is 1. The zero-order chi connectivity index (χ0) is 20.8. The normalized spacial score (nSPS) is 11.8. The van der Waals surface area contributed by atoms with Gasteiger partial charge in [0, 0.05) is 17.6 Å². The molecule has 1 amide bonds. The van der Waals surface area contributed by atoms with E-state index in [2.05, 4.69) is 10.2 Å². The molecular weight excluding hydrogens is 410 g/mol. The maximum Gasteiger partial charge on any atom is 0.235 e. The molecule has 0 radical (unpaired) electrons. The van der Waals surface area contributed by atoms with Crippen LogP contribution in [-0.2, 0) is 4.79 Å². The summed E-state index contributed by atoms with van der Waals surface area (Å²) in [6.07, 6.45) is 0. The number of halogens is 1. The Balaban J connectivity index is 1.53. The first-order valence-electron chi connectivity index (χ1n) is 9.01. The van der Waals surface area contributed by atoms with Gasteiger partial charge in [0.2, 0.25) is 11.1 Å². The third-order valence-corrected chi connectivity index (χ3v) is 5.51. The van der Waals surface area contributed by atoms with Gasteiger partial charge < -0.3 is 15.5 Å². The number of rotatable bonds is 8.